The Balaban J connectivity index is 3.28. The topological polar surface area (TPSA) is 75.6 Å². The summed E-state index contributed by atoms with van der Waals surface area (Å²) in [7, 11) is -1.87. The third kappa shape index (κ3) is 2.94. The van der Waals surface area contributed by atoms with Crippen molar-refractivity contribution >= 4 is 9.84 Å². The SMILES string of the molecule is CONCc1cc(O)c(C)cc1S(C)(=O)=O. The van der Waals surface area contributed by atoms with E-state index >= 15 is 0 Å². The van der Waals surface area contributed by atoms with Crippen molar-refractivity contribution in [2.45, 2.75) is 18.4 Å². The van der Waals surface area contributed by atoms with E-state index in [4.69, 9.17) is 0 Å². The predicted molar refractivity (Wildman–Crippen MR) is 59.8 cm³/mol. The van der Waals surface area contributed by atoms with Gasteiger partial charge in [-0.3, -0.25) is 0 Å². The molecule has 0 atom stereocenters. The fourth-order valence-corrected chi connectivity index (χ4v) is 2.34. The Morgan fingerprint density at radius 2 is 2.06 bits per heavy atom. The Hall–Kier alpha value is -1.11. The number of rotatable bonds is 4. The van der Waals surface area contributed by atoms with E-state index in [9.17, 15) is 13.5 Å². The highest BCUT2D eigenvalue weighted by atomic mass is 32.2. The third-order valence-electron chi connectivity index (χ3n) is 2.19. The first-order valence-electron chi connectivity index (χ1n) is 4.64. The fourth-order valence-electron chi connectivity index (χ4n) is 1.35. The van der Waals surface area contributed by atoms with Crippen LogP contribution in [0, 0.1) is 6.92 Å². The second-order valence-corrected chi connectivity index (χ2v) is 5.53. The molecule has 0 saturated carbocycles. The van der Waals surface area contributed by atoms with Crippen molar-refractivity contribution in [3.63, 3.8) is 0 Å². The molecule has 0 unspecified atom stereocenters. The van der Waals surface area contributed by atoms with Gasteiger partial charge in [0, 0.05) is 12.8 Å². The largest absolute Gasteiger partial charge is 0.508 e. The van der Waals surface area contributed by atoms with Gasteiger partial charge < -0.3 is 9.94 Å². The summed E-state index contributed by atoms with van der Waals surface area (Å²) in [5.41, 5.74) is 3.56. The van der Waals surface area contributed by atoms with Crippen molar-refractivity contribution in [1.29, 1.82) is 0 Å². The van der Waals surface area contributed by atoms with Crippen LogP contribution < -0.4 is 5.48 Å². The molecule has 0 aliphatic carbocycles. The van der Waals surface area contributed by atoms with Crippen molar-refractivity contribution in [3.05, 3.63) is 23.3 Å². The summed E-state index contributed by atoms with van der Waals surface area (Å²) in [5, 5.41) is 9.53. The second kappa shape index (κ2) is 4.82. The first-order valence-corrected chi connectivity index (χ1v) is 6.53. The van der Waals surface area contributed by atoms with Crippen molar-refractivity contribution in [3.8, 4) is 5.75 Å². The highest BCUT2D eigenvalue weighted by molar-refractivity contribution is 7.90. The van der Waals surface area contributed by atoms with Gasteiger partial charge in [-0.05, 0) is 30.2 Å². The van der Waals surface area contributed by atoms with Gasteiger partial charge in [-0.2, -0.15) is 5.48 Å². The molecule has 1 aromatic carbocycles. The lowest BCUT2D eigenvalue weighted by molar-refractivity contribution is 0.0861. The summed E-state index contributed by atoms with van der Waals surface area (Å²) in [4.78, 5) is 4.86. The van der Waals surface area contributed by atoms with Crippen molar-refractivity contribution in [1.82, 2.24) is 5.48 Å². The number of phenols is 1. The van der Waals surface area contributed by atoms with Crippen LogP contribution in [0.2, 0.25) is 0 Å². The van der Waals surface area contributed by atoms with Crippen LogP contribution in [0.5, 0.6) is 5.75 Å². The fraction of sp³-hybridized carbons (Fsp3) is 0.400. The van der Waals surface area contributed by atoms with Gasteiger partial charge in [0.25, 0.3) is 0 Å². The van der Waals surface area contributed by atoms with Crippen molar-refractivity contribution < 1.29 is 18.4 Å². The number of hydrogen-bond acceptors (Lipinski definition) is 5. The summed E-state index contributed by atoms with van der Waals surface area (Å²) >= 11 is 0. The van der Waals surface area contributed by atoms with Gasteiger partial charge in [0.15, 0.2) is 9.84 Å². The van der Waals surface area contributed by atoms with Crippen LogP contribution in [0.4, 0.5) is 0 Å². The lowest BCUT2D eigenvalue weighted by Gasteiger charge is -2.10. The maximum Gasteiger partial charge on any atom is 0.175 e. The van der Waals surface area contributed by atoms with Crippen LogP contribution in [0.1, 0.15) is 11.1 Å². The molecule has 0 radical (unpaired) electrons. The van der Waals surface area contributed by atoms with E-state index in [-0.39, 0.29) is 17.2 Å². The Morgan fingerprint density at radius 1 is 1.44 bits per heavy atom. The minimum Gasteiger partial charge on any atom is -0.508 e. The third-order valence-corrected chi connectivity index (χ3v) is 3.36. The molecule has 0 bridgehead atoms. The van der Waals surface area contributed by atoms with E-state index in [2.05, 4.69) is 10.3 Å². The summed E-state index contributed by atoms with van der Waals surface area (Å²) in [6, 6.07) is 2.88. The maximum atomic E-state index is 11.5. The molecule has 90 valence electrons. The first-order chi connectivity index (χ1) is 7.36. The van der Waals surface area contributed by atoms with Crippen LogP contribution in [-0.2, 0) is 21.2 Å². The zero-order chi connectivity index (χ0) is 12.3. The van der Waals surface area contributed by atoms with Gasteiger partial charge in [-0.15, -0.1) is 0 Å². The summed E-state index contributed by atoms with van der Waals surface area (Å²) in [6.07, 6.45) is 1.13. The van der Waals surface area contributed by atoms with Gasteiger partial charge in [0.2, 0.25) is 0 Å². The van der Waals surface area contributed by atoms with Crippen molar-refractivity contribution in [2.24, 2.45) is 0 Å². The molecule has 1 rings (SSSR count). The van der Waals surface area contributed by atoms with Crippen molar-refractivity contribution in [2.75, 3.05) is 13.4 Å². The lowest BCUT2D eigenvalue weighted by atomic mass is 10.1. The molecule has 0 saturated heterocycles. The minimum atomic E-state index is -3.31. The number of hydroxylamine groups is 1. The van der Waals surface area contributed by atoms with E-state index in [0.29, 0.717) is 11.1 Å². The van der Waals surface area contributed by atoms with E-state index in [1.807, 2.05) is 0 Å². The quantitative estimate of drug-likeness (QED) is 0.766. The average Bonchev–Trinajstić information content (AvgIpc) is 2.17. The molecular weight excluding hydrogens is 230 g/mol. The lowest BCUT2D eigenvalue weighted by Crippen LogP contribution is -2.14. The molecule has 0 fully saturated rings. The van der Waals surface area contributed by atoms with E-state index in [0.717, 1.165) is 6.26 Å². The molecule has 1 aromatic rings. The van der Waals surface area contributed by atoms with Crippen LogP contribution >= 0.6 is 0 Å². The molecule has 0 spiro atoms. The van der Waals surface area contributed by atoms with E-state index in [1.165, 1.54) is 19.2 Å². The average molecular weight is 245 g/mol. The highest BCUT2D eigenvalue weighted by Crippen LogP contribution is 2.25. The molecule has 0 heterocycles. The first kappa shape index (κ1) is 13.0. The number of benzene rings is 1. The summed E-state index contributed by atoms with van der Waals surface area (Å²) in [6.45, 7) is 1.87. The monoisotopic (exact) mass is 245 g/mol. The summed E-state index contributed by atoms with van der Waals surface area (Å²) in [5.74, 6) is 0.0697. The second-order valence-electron chi connectivity index (χ2n) is 3.54. The number of aryl methyl sites for hydroxylation is 1. The Bertz CT molecular complexity index is 482. The van der Waals surface area contributed by atoms with Gasteiger partial charge in [-0.25, -0.2) is 8.42 Å². The van der Waals surface area contributed by atoms with Gasteiger partial charge in [-0.1, -0.05) is 0 Å². The Labute approximate surface area is 94.9 Å². The van der Waals surface area contributed by atoms with Gasteiger partial charge in [0.1, 0.15) is 5.75 Å². The Kier molecular flexibility index (Phi) is 3.90. The molecule has 0 aliphatic heterocycles. The molecular formula is C10H15NO4S. The molecule has 2 N–H and O–H groups in total. The van der Waals surface area contributed by atoms with Crippen LogP contribution in [0.15, 0.2) is 17.0 Å². The highest BCUT2D eigenvalue weighted by Gasteiger charge is 2.15. The molecule has 0 aromatic heterocycles. The molecule has 0 aliphatic rings. The number of aromatic hydroxyl groups is 1. The Morgan fingerprint density at radius 3 is 2.56 bits per heavy atom. The van der Waals surface area contributed by atoms with Gasteiger partial charge in [0.05, 0.1) is 12.0 Å². The van der Waals surface area contributed by atoms with Crippen LogP contribution in [0.25, 0.3) is 0 Å². The standard InChI is InChI=1S/C10H15NO4S/c1-7-4-10(16(3,13)14)8(5-9(7)12)6-11-15-2/h4-5,11-12H,6H2,1-3H3. The van der Waals surface area contributed by atoms with Gasteiger partial charge >= 0.3 is 0 Å². The van der Waals surface area contributed by atoms with E-state index in [1.54, 1.807) is 6.92 Å². The molecule has 5 nitrogen and oxygen atoms in total. The number of phenolic OH excluding ortho intramolecular Hbond substituents is 1. The number of sulfone groups is 1. The predicted octanol–water partition coefficient (Wildman–Crippen LogP) is 0.755. The van der Waals surface area contributed by atoms with Crippen LogP contribution in [-0.4, -0.2) is 26.9 Å². The van der Waals surface area contributed by atoms with E-state index < -0.39 is 9.84 Å². The molecule has 0 amide bonds. The summed E-state index contributed by atoms with van der Waals surface area (Å²) < 4.78 is 23.1. The number of hydrogen-bond donors (Lipinski definition) is 2. The smallest absolute Gasteiger partial charge is 0.175 e. The normalized spacial score (nSPS) is 11.7. The number of nitrogens with one attached hydrogen (secondary N) is 1. The van der Waals surface area contributed by atoms with Crippen LogP contribution in [0.3, 0.4) is 0 Å². The minimum absolute atomic E-state index is 0.0697. The zero-order valence-electron chi connectivity index (χ0n) is 9.44. The molecule has 16 heavy (non-hydrogen) atoms. The zero-order valence-corrected chi connectivity index (χ0v) is 10.3. The maximum absolute atomic E-state index is 11.5. The molecule has 6 heteroatoms.